The van der Waals surface area contributed by atoms with E-state index in [1.54, 1.807) is 16.9 Å². The highest BCUT2D eigenvalue weighted by molar-refractivity contribution is 6.31. The lowest BCUT2D eigenvalue weighted by atomic mass is 10.2. The van der Waals surface area contributed by atoms with Crippen LogP contribution in [0.15, 0.2) is 24.4 Å². The van der Waals surface area contributed by atoms with Gasteiger partial charge in [-0.25, -0.2) is 4.39 Å². The molecule has 3 rings (SSSR count). The average Bonchev–Trinajstić information content (AvgIpc) is 2.88. The van der Waals surface area contributed by atoms with E-state index in [1.807, 2.05) is 11.8 Å². The number of hydrogen-bond acceptors (Lipinski definition) is 3. The number of benzene rings is 1. The average molecular weight is 385 g/mol. The molecule has 25 heavy (non-hydrogen) atoms. The fourth-order valence-electron chi connectivity index (χ4n) is 2.86. The first-order valence-electron chi connectivity index (χ1n) is 8.06. The van der Waals surface area contributed by atoms with Crippen molar-refractivity contribution in [2.45, 2.75) is 20.0 Å². The number of aryl methyl sites for hydroxylation is 1. The first-order valence-corrected chi connectivity index (χ1v) is 8.81. The minimum absolute atomic E-state index is 0.0265. The molecule has 0 unspecified atom stereocenters. The van der Waals surface area contributed by atoms with Gasteiger partial charge in [0, 0.05) is 43.9 Å². The van der Waals surface area contributed by atoms with Gasteiger partial charge in [0.2, 0.25) is 5.91 Å². The van der Waals surface area contributed by atoms with E-state index < -0.39 is 0 Å². The third-order valence-corrected chi connectivity index (χ3v) is 5.04. The molecule has 0 bridgehead atoms. The monoisotopic (exact) mass is 384 g/mol. The van der Waals surface area contributed by atoms with Crippen LogP contribution >= 0.6 is 23.2 Å². The summed E-state index contributed by atoms with van der Waals surface area (Å²) < 4.78 is 14.7. The van der Waals surface area contributed by atoms with Crippen LogP contribution < -0.4 is 0 Å². The Balaban J connectivity index is 1.51. The van der Waals surface area contributed by atoms with Crippen molar-refractivity contribution < 1.29 is 9.18 Å². The van der Waals surface area contributed by atoms with E-state index >= 15 is 0 Å². The van der Waals surface area contributed by atoms with Crippen LogP contribution in [0.3, 0.4) is 0 Å². The molecule has 1 saturated heterocycles. The third-order valence-electron chi connectivity index (χ3n) is 4.32. The van der Waals surface area contributed by atoms with Gasteiger partial charge in [-0.1, -0.05) is 29.3 Å². The van der Waals surface area contributed by atoms with Gasteiger partial charge in [0.05, 0.1) is 10.7 Å². The Bertz CT molecular complexity index is 753. The molecule has 134 valence electrons. The minimum atomic E-state index is -0.335. The number of carbonyl (C=O) groups is 1. The molecular weight excluding hydrogens is 366 g/mol. The van der Waals surface area contributed by atoms with Crippen LogP contribution in [0.25, 0.3) is 0 Å². The molecule has 1 amide bonds. The van der Waals surface area contributed by atoms with Gasteiger partial charge in [-0.3, -0.25) is 14.4 Å². The van der Waals surface area contributed by atoms with Gasteiger partial charge in [0.25, 0.3) is 0 Å². The van der Waals surface area contributed by atoms with Crippen LogP contribution in [0.1, 0.15) is 11.3 Å². The van der Waals surface area contributed by atoms with Gasteiger partial charge in [-0.15, -0.1) is 0 Å². The summed E-state index contributed by atoms with van der Waals surface area (Å²) in [6, 6.07) is 4.45. The Morgan fingerprint density at radius 2 is 1.92 bits per heavy atom. The van der Waals surface area contributed by atoms with Crippen LogP contribution in [0.5, 0.6) is 0 Å². The number of nitrogens with zero attached hydrogens (tertiary/aromatic N) is 4. The summed E-state index contributed by atoms with van der Waals surface area (Å²) in [4.78, 5) is 16.4. The zero-order chi connectivity index (χ0) is 18.0. The Hall–Kier alpha value is -1.63. The van der Waals surface area contributed by atoms with E-state index in [0.717, 1.165) is 24.3 Å². The summed E-state index contributed by atoms with van der Waals surface area (Å²) in [6.45, 7) is 5.43. The standard InChI is InChI=1S/C17H19Cl2FN4O/c1-12-16(19)10-24(21-12)11-17(25)23-6-4-22(5-7-23)9-13-2-3-14(20)8-15(13)18/h2-3,8,10H,4-7,9,11H2,1H3. The van der Waals surface area contributed by atoms with Gasteiger partial charge < -0.3 is 4.90 Å². The first-order chi connectivity index (χ1) is 11.9. The van der Waals surface area contributed by atoms with E-state index in [1.165, 1.54) is 12.1 Å². The number of piperazine rings is 1. The van der Waals surface area contributed by atoms with Gasteiger partial charge in [0.15, 0.2) is 0 Å². The SMILES string of the molecule is Cc1nn(CC(=O)N2CCN(Cc3ccc(F)cc3Cl)CC2)cc1Cl. The summed E-state index contributed by atoms with van der Waals surface area (Å²) in [5.74, 6) is -0.309. The van der Waals surface area contributed by atoms with E-state index in [0.29, 0.717) is 29.7 Å². The molecule has 1 aromatic carbocycles. The molecule has 0 N–H and O–H groups in total. The highest BCUT2D eigenvalue weighted by Crippen LogP contribution is 2.20. The van der Waals surface area contributed by atoms with Crippen molar-refractivity contribution in [3.63, 3.8) is 0 Å². The molecule has 0 aliphatic carbocycles. The van der Waals surface area contributed by atoms with Crippen molar-refractivity contribution in [3.05, 3.63) is 51.5 Å². The molecular formula is C17H19Cl2FN4O. The molecule has 2 heterocycles. The lowest BCUT2D eigenvalue weighted by Gasteiger charge is -2.34. The number of aromatic nitrogens is 2. The second-order valence-corrected chi connectivity index (χ2v) is 6.97. The second kappa shape index (κ2) is 7.72. The minimum Gasteiger partial charge on any atom is -0.339 e. The summed E-state index contributed by atoms with van der Waals surface area (Å²) in [5, 5.41) is 5.21. The molecule has 1 aliphatic heterocycles. The summed E-state index contributed by atoms with van der Waals surface area (Å²) in [6.07, 6.45) is 1.67. The fourth-order valence-corrected chi connectivity index (χ4v) is 3.24. The van der Waals surface area contributed by atoms with Crippen molar-refractivity contribution >= 4 is 29.1 Å². The van der Waals surface area contributed by atoms with Crippen LogP contribution in [-0.4, -0.2) is 51.7 Å². The number of hydrogen-bond donors (Lipinski definition) is 0. The number of carbonyl (C=O) groups excluding carboxylic acids is 1. The van der Waals surface area contributed by atoms with Crippen molar-refractivity contribution in [1.82, 2.24) is 19.6 Å². The molecule has 0 saturated carbocycles. The number of amides is 1. The van der Waals surface area contributed by atoms with Gasteiger partial charge in [-0.05, 0) is 24.6 Å². The zero-order valence-corrected chi connectivity index (χ0v) is 15.4. The van der Waals surface area contributed by atoms with Gasteiger partial charge >= 0.3 is 0 Å². The van der Waals surface area contributed by atoms with Crippen LogP contribution in [0.2, 0.25) is 10.0 Å². The summed E-state index contributed by atoms with van der Waals surface area (Å²) >= 11 is 12.0. The maximum absolute atomic E-state index is 13.1. The normalized spacial score (nSPS) is 15.6. The maximum Gasteiger partial charge on any atom is 0.244 e. The predicted molar refractivity (Wildman–Crippen MR) is 95.2 cm³/mol. The third kappa shape index (κ3) is 4.51. The first kappa shape index (κ1) is 18.2. The Kier molecular flexibility index (Phi) is 5.61. The van der Waals surface area contributed by atoms with E-state index in [2.05, 4.69) is 10.00 Å². The fraction of sp³-hybridized carbons (Fsp3) is 0.412. The van der Waals surface area contributed by atoms with Crippen molar-refractivity contribution in [3.8, 4) is 0 Å². The highest BCUT2D eigenvalue weighted by atomic mass is 35.5. The molecule has 0 spiro atoms. The molecule has 2 aromatic rings. The largest absolute Gasteiger partial charge is 0.339 e. The van der Waals surface area contributed by atoms with Gasteiger partial charge in [0.1, 0.15) is 12.4 Å². The lowest BCUT2D eigenvalue weighted by Crippen LogP contribution is -2.49. The molecule has 1 aliphatic rings. The zero-order valence-electron chi connectivity index (χ0n) is 13.9. The molecule has 0 radical (unpaired) electrons. The molecule has 0 atom stereocenters. The topological polar surface area (TPSA) is 41.4 Å². The van der Waals surface area contributed by atoms with Gasteiger partial charge in [-0.2, -0.15) is 5.10 Å². The van der Waals surface area contributed by atoms with Crippen LogP contribution in [0, 0.1) is 12.7 Å². The second-order valence-electron chi connectivity index (χ2n) is 6.15. The van der Waals surface area contributed by atoms with E-state index in [9.17, 15) is 9.18 Å². The Labute approximate surface area is 155 Å². The number of rotatable bonds is 4. The molecule has 1 fully saturated rings. The van der Waals surface area contributed by atoms with Crippen molar-refractivity contribution in [2.24, 2.45) is 0 Å². The van der Waals surface area contributed by atoms with Crippen molar-refractivity contribution in [1.29, 1.82) is 0 Å². The Morgan fingerprint density at radius 1 is 1.20 bits per heavy atom. The smallest absolute Gasteiger partial charge is 0.244 e. The highest BCUT2D eigenvalue weighted by Gasteiger charge is 2.22. The van der Waals surface area contributed by atoms with E-state index in [-0.39, 0.29) is 18.3 Å². The maximum atomic E-state index is 13.1. The van der Waals surface area contributed by atoms with Crippen molar-refractivity contribution in [2.75, 3.05) is 26.2 Å². The molecule has 8 heteroatoms. The summed E-state index contributed by atoms with van der Waals surface area (Å²) in [5.41, 5.74) is 1.61. The Morgan fingerprint density at radius 3 is 2.52 bits per heavy atom. The quantitative estimate of drug-likeness (QED) is 0.813. The number of halogens is 3. The van der Waals surface area contributed by atoms with Crippen LogP contribution in [-0.2, 0) is 17.9 Å². The lowest BCUT2D eigenvalue weighted by molar-refractivity contribution is -0.133. The molecule has 1 aromatic heterocycles. The van der Waals surface area contributed by atoms with E-state index in [4.69, 9.17) is 23.2 Å². The summed E-state index contributed by atoms with van der Waals surface area (Å²) in [7, 11) is 0. The molecule has 5 nitrogen and oxygen atoms in total. The van der Waals surface area contributed by atoms with Crippen LogP contribution in [0.4, 0.5) is 4.39 Å². The predicted octanol–water partition coefficient (Wildman–Crippen LogP) is 2.98.